The van der Waals surface area contributed by atoms with Crippen molar-refractivity contribution in [3.8, 4) is 0 Å². The number of rotatable bonds is 2. The van der Waals surface area contributed by atoms with Crippen LogP contribution in [-0.4, -0.2) is 16.5 Å². The molecule has 0 aliphatic rings. The lowest BCUT2D eigenvalue weighted by atomic mass is 10.4. The van der Waals surface area contributed by atoms with Gasteiger partial charge < -0.3 is 11.1 Å². The Hall–Kier alpha value is -1.53. The van der Waals surface area contributed by atoms with Crippen molar-refractivity contribution in [3.63, 3.8) is 0 Å². The second-order valence-electron chi connectivity index (χ2n) is 2.53. The SMILES string of the molecule is CCNc1nc(C(F)(F)F)ncc1N. The Morgan fingerprint density at radius 3 is 2.64 bits per heavy atom. The predicted molar refractivity (Wildman–Crippen MR) is 45.6 cm³/mol. The number of nitrogens with zero attached hydrogens (tertiary/aromatic N) is 2. The minimum absolute atomic E-state index is 0.00910. The number of nitrogens with one attached hydrogen (secondary N) is 1. The monoisotopic (exact) mass is 206 g/mol. The van der Waals surface area contributed by atoms with Crippen LogP contribution in [-0.2, 0) is 6.18 Å². The van der Waals surface area contributed by atoms with Crippen molar-refractivity contribution < 1.29 is 13.2 Å². The average Bonchev–Trinajstić information content (AvgIpc) is 2.07. The van der Waals surface area contributed by atoms with Crippen molar-refractivity contribution in [1.29, 1.82) is 0 Å². The van der Waals surface area contributed by atoms with E-state index in [4.69, 9.17) is 5.73 Å². The van der Waals surface area contributed by atoms with Crippen LogP contribution in [0.25, 0.3) is 0 Å². The first-order chi connectivity index (χ1) is 6.45. The Kier molecular flexibility index (Phi) is 2.78. The Morgan fingerprint density at radius 2 is 2.14 bits per heavy atom. The van der Waals surface area contributed by atoms with Crippen LogP contribution in [0.2, 0.25) is 0 Å². The smallest absolute Gasteiger partial charge is 0.394 e. The molecular weight excluding hydrogens is 197 g/mol. The van der Waals surface area contributed by atoms with Crippen molar-refractivity contribution in [1.82, 2.24) is 9.97 Å². The van der Waals surface area contributed by atoms with Crippen LogP contribution >= 0.6 is 0 Å². The number of hydrogen-bond donors (Lipinski definition) is 2. The zero-order chi connectivity index (χ0) is 10.8. The molecule has 0 atom stereocenters. The van der Waals surface area contributed by atoms with Crippen LogP contribution in [0.3, 0.4) is 0 Å². The van der Waals surface area contributed by atoms with Crippen LogP contribution in [0.1, 0.15) is 12.7 Å². The highest BCUT2D eigenvalue weighted by molar-refractivity contribution is 5.59. The molecule has 78 valence electrons. The highest BCUT2D eigenvalue weighted by atomic mass is 19.4. The number of alkyl halides is 3. The maximum atomic E-state index is 12.1. The molecule has 0 saturated carbocycles. The van der Waals surface area contributed by atoms with Crippen molar-refractivity contribution in [2.45, 2.75) is 13.1 Å². The summed E-state index contributed by atoms with van der Waals surface area (Å²) in [7, 11) is 0. The van der Waals surface area contributed by atoms with Crippen molar-refractivity contribution in [2.24, 2.45) is 0 Å². The lowest BCUT2D eigenvalue weighted by molar-refractivity contribution is -0.144. The molecule has 14 heavy (non-hydrogen) atoms. The van der Waals surface area contributed by atoms with E-state index in [1.165, 1.54) is 0 Å². The summed E-state index contributed by atoms with van der Waals surface area (Å²) in [6.07, 6.45) is -3.61. The van der Waals surface area contributed by atoms with Crippen LogP contribution in [0.15, 0.2) is 6.20 Å². The summed E-state index contributed by atoms with van der Waals surface area (Å²) in [6.45, 7) is 2.17. The summed E-state index contributed by atoms with van der Waals surface area (Å²) < 4.78 is 36.4. The predicted octanol–water partition coefficient (Wildman–Crippen LogP) is 1.51. The second-order valence-corrected chi connectivity index (χ2v) is 2.53. The third-order valence-corrected chi connectivity index (χ3v) is 1.41. The topological polar surface area (TPSA) is 63.8 Å². The fourth-order valence-corrected chi connectivity index (χ4v) is 0.837. The van der Waals surface area contributed by atoms with Crippen LogP contribution in [0.5, 0.6) is 0 Å². The van der Waals surface area contributed by atoms with E-state index in [2.05, 4.69) is 15.3 Å². The average molecular weight is 206 g/mol. The van der Waals surface area contributed by atoms with Gasteiger partial charge in [0.15, 0.2) is 5.82 Å². The normalized spacial score (nSPS) is 11.4. The highest BCUT2D eigenvalue weighted by Gasteiger charge is 2.35. The van der Waals surface area contributed by atoms with Gasteiger partial charge >= 0.3 is 6.18 Å². The molecule has 0 unspecified atom stereocenters. The molecule has 3 N–H and O–H groups in total. The lowest BCUT2D eigenvalue weighted by Crippen LogP contribution is -2.14. The van der Waals surface area contributed by atoms with Gasteiger partial charge in [-0.25, -0.2) is 9.97 Å². The molecular formula is C7H9F3N4. The number of nitrogen functional groups attached to an aromatic ring is 1. The van der Waals surface area contributed by atoms with Crippen LogP contribution in [0, 0.1) is 0 Å². The van der Waals surface area contributed by atoms with Gasteiger partial charge in [-0.1, -0.05) is 0 Å². The third kappa shape index (κ3) is 2.24. The number of aromatic nitrogens is 2. The number of anilines is 2. The summed E-state index contributed by atoms with van der Waals surface area (Å²) in [6, 6.07) is 0. The molecule has 1 aromatic heterocycles. The fraction of sp³-hybridized carbons (Fsp3) is 0.429. The molecule has 0 aliphatic carbocycles. The van der Waals surface area contributed by atoms with Gasteiger partial charge in [0, 0.05) is 6.54 Å². The largest absolute Gasteiger partial charge is 0.451 e. The summed E-state index contributed by atoms with van der Waals surface area (Å²) in [5, 5.41) is 2.61. The van der Waals surface area contributed by atoms with Crippen LogP contribution in [0.4, 0.5) is 24.7 Å². The van der Waals surface area contributed by atoms with E-state index in [9.17, 15) is 13.2 Å². The Labute approximate surface area is 78.4 Å². The molecule has 0 radical (unpaired) electrons. The van der Waals surface area contributed by atoms with Crippen molar-refractivity contribution in [2.75, 3.05) is 17.6 Å². The van der Waals surface area contributed by atoms with Crippen molar-refractivity contribution >= 4 is 11.5 Å². The summed E-state index contributed by atoms with van der Waals surface area (Å²) in [5.41, 5.74) is 5.46. The van der Waals surface area contributed by atoms with E-state index in [1.54, 1.807) is 6.92 Å². The standard InChI is InChI=1S/C7H9F3N4/c1-2-12-5-4(11)3-13-6(14-5)7(8,9)10/h3H,2,11H2,1H3,(H,12,13,14). The molecule has 0 fully saturated rings. The van der Waals surface area contributed by atoms with E-state index in [0.717, 1.165) is 6.20 Å². The molecule has 0 aliphatic heterocycles. The Bertz CT molecular complexity index is 323. The van der Waals surface area contributed by atoms with E-state index in [0.29, 0.717) is 6.54 Å². The molecule has 0 spiro atoms. The summed E-state index contributed by atoms with van der Waals surface area (Å²) in [5.74, 6) is -1.18. The highest BCUT2D eigenvalue weighted by Crippen LogP contribution is 2.27. The van der Waals surface area contributed by atoms with Gasteiger partial charge in [-0.2, -0.15) is 13.2 Å². The van der Waals surface area contributed by atoms with Crippen LogP contribution < -0.4 is 11.1 Å². The molecule has 1 heterocycles. The maximum absolute atomic E-state index is 12.1. The lowest BCUT2D eigenvalue weighted by Gasteiger charge is -2.09. The second kappa shape index (κ2) is 3.69. The molecule has 1 rings (SSSR count). The molecule has 7 heteroatoms. The minimum Gasteiger partial charge on any atom is -0.394 e. The van der Waals surface area contributed by atoms with Gasteiger partial charge in [0.1, 0.15) is 0 Å². The van der Waals surface area contributed by atoms with E-state index in [-0.39, 0.29) is 11.5 Å². The molecule has 1 aromatic rings. The maximum Gasteiger partial charge on any atom is 0.451 e. The number of nitrogens with two attached hydrogens (primary N) is 1. The molecule has 0 saturated heterocycles. The fourth-order valence-electron chi connectivity index (χ4n) is 0.837. The summed E-state index contributed by atoms with van der Waals surface area (Å²) in [4.78, 5) is 6.35. The molecule has 0 amide bonds. The summed E-state index contributed by atoms with van der Waals surface area (Å²) >= 11 is 0. The van der Waals surface area contributed by atoms with Gasteiger partial charge in [0.2, 0.25) is 5.82 Å². The van der Waals surface area contributed by atoms with E-state index < -0.39 is 12.0 Å². The number of halogens is 3. The first kappa shape index (κ1) is 10.6. The Balaban J connectivity index is 3.06. The van der Waals surface area contributed by atoms with Gasteiger partial charge in [0.05, 0.1) is 11.9 Å². The molecule has 0 aromatic carbocycles. The van der Waals surface area contributed by atoms with Gasteiger partial charge in [-0.3, -0.25) is 0 Å². The van der Waals surface area contributed by atoms with E-state index in [1.807, 2.05) is 0 Å². The van der Waals surface area contributed by atoms with Gasteiger partial charge in [-0.05, 0) is 6.92 Å². The van der Waals surface area contributed by atoms with Crippen molar-refractivity contribution in [3.05, 3.63) is 12.0 Å². The van der Waals surface area contributed by atoms with E-state index >= 15 is 0 Å². The minimum atomic E-state index is -4.54. The molecule has 4 nitrogen and oxygen atoms in total. The number of hydrogen-bond acceptors (Lipinski definition) is 4. The molecule has 0 bridgehead atoms. The van der Waals surface area contributed by atoms with Gasteiger partial charge in [-0.15, -0.1) is 0 Å². The zero-order valence-electron chi connectivity index (χ0n) is 7.39. The quantitative estimate of drug-likeness (QED) is 0.769. The zero-order valence-corrected chi connectivity index (χ0v) is 7.39. The first-order valence-corrected chi connectivity index (χ1v) is 3.88. The Morgan fingerprint density at radius 1 is 1.50 bits per heavy atom. The first-order valence-electron chi connectivity index (χ1n) is 3.88. The van der Waals surface area contributed by atoms with Gasteiger partial charge in [0.25, 0.3) is 0 Å². The third-order valence-electron chi connectivity index (χ3n) is 1.41.